The van der Waals surface area contributed by atoms with Crippen molar-refractivity contribution in [1.29, 1.82) is 0 Å². The van der Waals surface area contributed by atoms with Crippen LogP contribution in [0.2, 0.25) is 0 Å². The number of rotatable bonds is 4. The van der Waals surface area contributed by atoms with Crippen LogP contribution in [0.15, 0.2) is 20.5 Å². The molecule has 0 aliphatic carbocycles. The highest BCUT2D eigenvalue weighted by molar-refractivity contribution is 9.13. The molecule has 0 bridgehead atoms. The normalized spacial score (nSPS) is 10.9. The first-order chi connectivity index (χ1) is 7.70. The molecule has 0 aromatic carbocycles. The van der Waals surface area contributed by atoms with Crippen LogP contribution >= 0.6 is 43.2 Å². The van der Waals surface area contributed by atoms with Crippen LogP contribution in [-0.2, 0) is 6.54 Å². The molecule has 0 unspecified atom stereocenters. The van der Waals surface area contributed by atoms with Crippen LogP contribution in [0.25, 0.3) is 10.6 Å². The van der Waals surface area contributed by atoms with E-state index in [0.29, 0.717) is 6.54 Å². The average Bonchev–Trinajstić information content (AvgIpc) is 2.84. The van der Waals surface area contributed by atoms with Gasteiger partial charge in [0.1, 0.15) is 5.69 Å². The fourth-order valence-electron chi connectivity index (χ4n) is 1.25. The van der Waals surface area contributed by atoms with Gasteiger partial charge in [-0.15, -0.1) is 16.4 Å². The van der Waals surface area contributed by atoms with Gasteiger partial charge in [-0.05, 0) is 50.9 Å². The Morgan fingerprint density at radius 2 is 2.25 bits per heavy atom. The molecule has 0 fully saturated rings. The maximum atomic E-state index is 5.45. The third-order valence-corrected chi connectivity index (χ3v) is 5.31. The van der Waals surface area contributed by atoms with E-state index in [9.17, 15) is 0 Å². The first-order valence-corrected chi connectivity index (χ1v) is 7.16. The summed E-state index contributed by atoms with van der Waals surface area (Å²) in [6.45, 7) is 1.49. The second-order valence-electron chi connectivity index (χ2n) is 3.24. The minimum atomic E-state index is 0.672. The standard InChI is InChI=1S/C9H10Br2N4S/c10-6-4-8(16-9(6)11)7-5-15(14-13-7)3-1-2-12/h4-5H,1-3,12H2. The topological polar surface area (TPSA) is 56.7 Å². The molecule has 86 valence electrons. The van der Waals surface area contributed by atoms with Crippen molar-refractivity contribution >= 4 is 43.2 Å². The summed E-state index contributed by atoms with van der Waals surface area (Å²) in [5.41, 5.74) is 6.34. The minimum absolute atomic E-state index is 0.672. The van der Waals surface area contributed by atoms with Gasteiger partial charge in [0.25, 0.3) is 0 Å². The number of aromatic nitrogens is 3. The van der Waals surface area contributed by atoms with Crippen LogP contribution in [0, 0.1) is 0 Å². The van der Waals surface area contributed by atoms with Crippen LogP contribution in [-0.4, -0.2) is 21.5 Å². The van der Waals surface area contributed by atoms with Crippen molar-refractivity contribution < 1.29 is 0 Å². The maximum Gasteiger partial charge on any atom is 0.123 e. The lowest BCUT2D eigenvalue weighted by molar-refractivity contribution is 0.564. The van der Waals surface area contributed by atoms with Gasteiger partial charge in [0, 0.05) is 11.0 Å². The monoisotopic (exact) mass is 364 g/mol. The summed E-state index contributed by atoms with van der Waals surface area (Å²) in [6, 6.07) is 2.03. The Morgan fingerprint density at radius 3 is 2.88 bits per heavy atom. The van der Waals surface area contributed by atoms with Crippen LogP contribution in [0.3, 0.4) is 0 Å². The highest BCUT2D eigenvalue weighted by atomic mass is 79.9. The maximum absolute atomic E-state index is 5.45. The van der Waals surface area contributed by atoms with E-state index < -0.39 is 0 Å². The minimum Gasteiger partial charge on any atom is -0.330 e. The van der Waals surface area contributed by atoms with Crippen molar-refractivity contribution in [3.05, 3.63) is 20.5 Å². The molecular weight excluding hydrogens is 356 g/mol. The van der Waals surface area contributed by atoms with Crippen LogP contribution in [0.1, 0.15) is 6.42 Å². The lowest BCUT2D eigenvalue weighted by Crippen LogP contribution is -2.06. The summed E-state index contributed by atoms with van der Waals surface area (Å²) < 4.78 is 3.94. The van der Waals surface area contributed by atoms with E-state index >= 15 is 0 Å². The first kappa shape index (κ1) is 12.2. The van der Waals surface area contributed by atoms with Gasteiger partial charge < -0.3 is 5.73 Å². The highest BCUT2D eigenvalue weighted by Crippen LogP contribution is 2.37. The SMILES string of the molecule is NCCCn1cc(-c2cc(Br)c(Br)s2)nn1. The second kappa shape index (κ2) is 5.39. The molecule has 0 atom stereocenters. The first-order valence-electron chi connectivity index (χ1n) is 4.76. The van der Waals surface area contributed by atoms with Gasteiger partial charge in [0.05, 0.1) is 14.9 Å². The molecule has 0 radical (unpaired) electrons. The zero-order valence-corrected chi connectivity index (χ0v) is 12.3. The van der Waals surface area contributed by atoms with E-state index in [4.69, 9.17) is 5.73 Å². The van der Waals surface area contributed by atoms with Crippen molar-refractivity contribution in [2.75, 3.05) is 6.54 Å². The van der Waals surface area contributed by atoms with Crippen LogP contribution < -0.4 is 5.73 Å². The Bertz CT molecular complexity index is 460. The molecule has 2 rings (SSSR count). The van der Waals surface area contributed by atoms with Gasteiger partial charge >= 0.3 is 0 Å². The highest BCUT2D eigenvalue weighted by Gasteiger charge is 2.09. The molecule has 7 heteroatoms. The molecule has 0 saturated carbocycles. The Balaban J connectivity index is 2.18. The molecule has 0 saturated heterocycles. The number of hydrogen-bond acceptors (Lipinski definition) is 4. The van der Waals surface area contributed by atoms with E-state index in [1.807, 2.05) is 16.9 Å². The molecule has 4 nitrogen and oxygen atoms in total. The quantitative estimate of drug-likeness (QED) is 0.906. The van der Waals surface area contributed by atoms with E-state index in [2.05, 4.69) is 42.2 Å². The molecule has 2 aromatic heterocycles. The largest absolute Gasteiger partial charge is 0.330 e. The molecular formula is C9H10Br2N4S. The Hall–Kier alpha value is -0.240. The molecule has 0 aliphatic heterocycles. The number of halogens is 2. The lowest BCUT2D eigenvalue weighted by Gasteiger charge is -1.95. The zero-order valence-electron chi connectivity index (χ0n) is 8.36. The smallest absolute Gasteiger partial charge is 0.123 e. The zero-order chi connectivity index (χ0) is 11.5. The molecule has 2 aromatic rings. The van der Waals surface area contributed by atoms with Crippen molar-refractivity contribution in [3.63, 3.8) is 0 Å². The third-order valence-electron chi connectivity index (χ3n) is 2.03. The molecule has 0 amide bonds. The van der Waals surface area contributed by atoms with E-state index in [-0.39, 0.29) is 0 Å². The van der Waals surface area contributed by atoms with Gasteiger partial charge in [-0.25, -0.2) is 0 Å². The Labute approximate surface area is 114 Å². The molecule has 0 aliphatic rings. The van der Waals surface area contributed by atoms with Crippen LogP contribution in [0.4, 0.5) is 0 Å². The Kier molecular flexibility index (Phi) is 4.12. The van der Waals surface area contributed by atoms with Gasteiger partial charge in [-0.3, -0.25) is 4.68 Å². The third kappa shape index (κ3) is 2.71. The van der Waals surface area contributed by atoms with Crippen LogP contribution in [0.5, 0.6) is 0 Å². The predicted molar refractivity (Wildman–Crippen MR) is 72.4 cm³/mol. The number of nitrogens with zero attached hydrogens (tertiary/aromatic N) is 3. The van der Waals surface area contributed by atoms with Gasteiger partial charge in [-0.2, -0.15) is 0 Å². The van der Waals surface area contributed by atoms with Crippen molar-refractivity contribution in [2.45, 2.75) is 13.0 Å². The average molecular weight is 366 g/mol. The number of nitrogens with two attached hydrogens (primary N) is 1. The fourth-order valence-corrected chi connectivity index (χ4v) is 3.23. The molecule has 0 spiro atoms. The van der Waals surface area contributed by atoms with E-state index in [1.165, 1.54) is 0 Å². The van der Waals surface area contributed by atoms with Crippen molar-refractivity contribution in [1.82, 2.24) is 15.0 Å². The summed E-state index contributed by atoms with van der Waals surface area (Å²) in [7, 11) is 0. The van der Waals surface area contributed by atoms with Gasteiger partial charge in [0.2, 0.25) is 0 Å². The van der Waals surface area contributed by atoms with Gasteiger partial charge in [-0.1, -0.05) is 5.21 Å². The van der Waals surface area contributed by atoms with E-state index in [1.54, 1.807) is 11.3 Å². The summed E-state index contributed by atoms with van der Waals surface area (Å²) in [5, 5.41) is 8.19. The summed E-state index contributed by atoms with van der Waals surface area (Å²) in [6.07, 6.45) is 2.86. The second-order valence-corrected chi connectivity index (χ2v) is 6.47. The fraction of sp³-hybridized carbons (Fsp3) is 0.333. The summed E-state index contributed by atoms with van der Waals surface area (Å²) in [4.78, 5) is 1.10. The van der Waals surface area contributed by atoms with E-state index in [0.717, 1.165) is 31.8 Å². The summed E-state index contributed by atoms with van der Waals surface area (Å²) in [5.74, 6) is 0. The summed E-state index contributed by atoms with van der Waals surface area (Å²) >= 11 is 8.55. The number of aryl methyl sites for hydroxylation is 1. The number of thiophene rings is 1. The number of hydrogen-bond donors (Lipinski definition) is 1. The van der Waals surface area contributed by atoms with Gasteiger partial charge in [0.15, 0.2) is 0 Å². The molecule has 2 N–H and O–H groups in total. The lowest BCUT2D eigenvalue weighted by atomic mass is 10.4. The molecule has 16 heavy (non-hydrogen) atoms. The molecule has 2 heterocycles. The van der Waals surface area contributed by atoms with Crippen molar-refractivity contribution in [3.8, 4) is 10.6 Å². The predicted octanol–water partition coefficient (Wildman–Crippen LogP) is 2.88. The Morgan fingerprint density at radius 1 is 1.44 bits per heavy atom. The van der Waals surface area contributed by atoms with Crippen molar-refractivity contribution in [2.24, 2.45) is 5.73 Å².